The van der Waals surface area contributed by atoms with E-state index in [0.29, 0.717) is 6.42 Å². The van der Waals surface area contributed by atoms with Gasteiger partial charge >= 0.3 is 0 Å². The van der Waals surface area contributed by atoms with Crippen molar-refractivity contribution in [2.45, 2.75) is 289 Å². The van der Waals surface area contributed by atoms with Crippen LogP contribution in [0.2, 0.25) is 0 Å². The summed E-state index contributed by atoms with van der Waals surface area (Å²) >= 11 is 0. The van der Waals surface area contributed by atoms with Gasteiger partial charge in [0.1, 0.15) is 0 Å². The molecule has 4 nitrogen and oxygen atoms in total. The number of hydrogen-bond acceptors (Lipinski definition) is 3. The highest BCUT2D eigenvalue weighted by Crippen LogP contribution is 2.16. The number of rotatable bonds is 53. The monoisotopic (exact) mass is 956 g/mol. The van der Waals surface area contributed by atoms with Gasteiger partial charge in [-0.25, -0.2) is 0 Å². The molecule has 0 aliphatic heterocycles. The summed E-state index contributed by atoms with van der Waals surface area (Å²) in [5.41, 5.74) is 0. The summed E-state index contributed by atoms with van der Waals surface area (Å²) < 4.78 is 0. The van der Waals surface area contributed by atoms with E-state index in [0.717, 1.165) is 77.0 Å². The zero-order valence-electron chi connectivity index (χ0n) is 45.5. The maximum Gasteiger partial charge on any atom is 0.220 e. The van der Waals surface area contributed by atoms with Crippen molar-refractivity contribution in [2.75, 3.05) is 6.61 Å². The Balaban J connectivity index is 3.59. The van der Waals surface area contributed by atoms with E-state index >= 15 is 0 Å². The molecule has 0 rings (SSSR count). The maximum atomic E-state index is 12.5. The molecule has 0 aromatic heterocycles. The van der Waals surface area contributed by atoms with Crippen molar-refractivity contribution in [3.8, 4) is 0 Å². The van der Waals surface area contributed by atoms with E-state index < -0.39 is 12.1 Å². The molecule has 69 heavy (non-hydrogen) atoms. The second-order valence-corrected chi connectivity index (χ2v) is 19.7. The standard InChI is InChI=1S/C65H113NO3/c1-3-5-7-9-11-13-15-17-19-21-23-25-27-29-30-31-32-33-34-35-36-37-39-41-43-45-47-49-51-53-55-57-59-61-65(69)66-63(62-67)64(68)60-58-56-54-52-50-48-46-44-42-40-38-28-26-24-22-20-18-16-14-12-10-8-6-4-2/h5,7,11,13,17,19,23,25,29-30,32-33,35-36,50,52,58,60,63-64,67-68H,3-4,6,8-10,12,14-16,18,20-22,24,26-28,31,34,37-49,51,53-57,59,61-62H2,1-2H3,(H,66,69)/b7-5-,13-11-,19-17-,25-23-,30-29-,33-32-,36-35-,52-50+,60-58+. The molecule has 1 amide bonds. The molecule has 0 saturated carbocycles. The van der Waals surface area contributed by atoms with Gasteiger partial charge in [0.15, 0.2) is 0 Å². The fourth-order valence-corrected chi connectivity index (χ4v) is 8.53. The van der Waals surface area contributed by atoms with Crippen molar-refractivity contribution < 1.29 is 15.0 Å². The van der Waals surface area contributed by atoms with Gasteiger partial charge in [-0.1, -0.05) is 290 Å². The first-order chi connectivity index (χ1) is 34.2. The minimum absolute atomic E-state index is 0.0793. The molecule has 396 valence electrons. The van der Waals surface area contributed by atoms with Crippen molar-refractivity contribution in [3.63, 3.8) is 0 Å². The van der Waals surface area contributed by atoms with Gasteiger partial charge in [0.25, 0.3) is 0 Å². The lowest BCUT2D eigenvalue weighted by Gasteiger charge is -2.19. The summed E-state index contributed by atoms with van der Waals surface area (Å²) in [6.07, 6.45) is 89.7. The number of nitrogens with one attached hydrogen (secondary N) is 1. The number of amides is 1. The van der Waals surface area contributed by atoms with Gasteiger partial charge in [0.05, 0.1) is 18.8 Å². The molecule has 0 bridgehead atoms. The van der Waals surface area contributed by atoms with Crippen LogP contribution in [0.1, 0.15) is 277 Å². The second kappa shape index (κ2) is 59.4. The summed E-state index contributed by atoms with van der Waals surface area (Å²) in [4.78, 5) is 12.5. The van der Waals surface area contributed by atoms with Crippen LogP contribution in [0.15, 0.2) is 109 Å². The van der Waals surface area contributed by atoms with Crippen molar-refractivity contribution >= 4 is 5.91 Å². The minimum Gasteiger partial charge on any atom is -0.394 e. The van der Waals surface area contributed by atoms with Crippen LogP contribution in [0, 0.1) is 0 Å². The third-order valence-corrected chi connectivity index (χ3v) is 13.0. The summed E-state index contributed by atoms with van der Waals surface area (Å²) in [5, 5.41) is 23.2. The van der Waals surface area contributed by atoms with Crippen molar-refractivity contribution in [1.29, 1.82) is 0 Å². The Morgan fingerprint density at radius 2 is 0.652 bits per heavy atom. The third-order valence-electron chi connectivity index (χ3n) is 13.0. The first kappa shape index (κ1) is 66.0. The highest BCUT2D eigenvalue weighted by Gasteiger charge is 2.18. The Morgan fingerprint density at radius 1 is 0.362 bits per heavy atom. The number of unbranched alkanes of at least 4 members (excludes halogenated alkanes) is 30. The quantitative estimate of drug-likeness (QED) is 0.0420. The van der Waals surface area contributed by atoms with E-state index in [1.165, 1.54) is 180 Å². The normalized spacial score (nSPS) is 13.6. The molecule has 0 aliphatic carbocycles. The largest absolute Gasteiger partial charge is 0.394 e. The van der Waals surface area contributed by atoms with Crippen molar-refractivity contribution in [3.05, 3.63) is 109 Å². The topological polar surface area (TPSA) is 69.6 Å². The molecule has 3 N–H and O–H groups in total. The fourth-order valence-electron chi connectivity index (χ4n) is 8.53. The molecular weight excluding hydrogens is 843 g/mol. The summed E-state index contributed by atoms with van der Waals surface area (Å²) in [5.74, 6) is -0.0793. The minimum atomic E-state index is -0.871. The zero-order valence-corrected chi connectivity index (χ0v) is 45.5. The molecule has 0 fully saturated rings. The predicted octanol–water partition coefficient (Wildman–Crippen LogP) is 19.9. The molecule has 4 heteroatoms. The van der Waals surface area contributed by atoms with Crippen molar-refractivity contribution in [1.82, 2.24) is 5.32 Å². The third kappa shape index (κ3) is 55.8. The number of hydrogen-bond donors (Lipinski definition) is 3. The van der Waals surface area contributed by atoms with E-state index in [1.54, 1.807) is 6.08 Å². The van der Waals surface area contributed by atoms with Crippen LogP contribution in [0.5, 0.6) is 0 Å². The molecule has 0 aromatic rings. The number of carbonyl (C=O) groups is 1. The Morgan fingerprint density at radius 3 is 1.01 bits per heavy atom. The first-order valence-electron chi connectivity index (χ1n) is 29.6. The molecule has 0 aromatic carbocycles. The van der Waals surface area contributed by atoms with Gasteiger partial charge in [-0.15, -0.1) is 0 Å². The zero-order chi connectivity index (χ0) is 49.9. The Labute approximate surface area is 429 Å². The highest BCUT2D eigenvalue weighted by molar-refractivity contribution is 5.76. The number of carbonyl (C=O) groups excluding carboxylic acids is 1. The molecule has 0 saturated heterocycles. The fraction of sp³-hybridized carbons (Fsp3) is 0.708. The average molecular weight is 957 g/mol. The van der Waals surface area contributed by atoms with E-state index in [-0.39, 0.29) is 12.5 Å². The Hall–Kier alpha value is -2.95. The smallest absolute Gasteiger partial charge is 0.220 e. The molecule has 2 unspecified atom stereocenters. The SMILES string of the molecule is CC/C=C\C/C=C\C/C=C\C/C=C\C/C=C\C/C=C\C/C=C\CCCCCCCCCCCCCC(=O)NC(CO)C(O)/C=C/CC/C=C/CCCCCCCCCCCCCCCCCCCC. The van der Waals surface area contributed by atoms with Gasteiger partial charge in [-0.05, 0) is 89.9 Å². The van der Waals surface area contributed by atoms with Crippen LogP contribution in [0.3, 0.4) is 0 Å². The van der Waals surface area contributed by atoms with Crippen LogP contribution in [0.4, 0.5) is 0 Å². The van der Waals surface area contributed by atoms with Crippen LogP contribution in [-0.2, 0) is 4.79 Å². The maximum absolute atomic E-state index is 12.5. The lowest BCUT2D eigenvalue weighted by atomic mass is 10.0. The van der Waals surface area contributed by atoms with Gasteiger partial charge in [-0.3, -0.25) is 4.79 Å². The highest BCUT2D eigenvalue weighted by atomic mass is 16.3. The molecule has 0 heterocycles. The predicted molar refractivity (Wildman–Crippen MR) is 308 cm³/mol. The van der Waals surface area contributed by atoms with E-state index in [4.69, 9.17) is 0 Å². The Bertz CT molecular complexity index is 1310. The summed E-state index contributed by atoms with van der Waals surface area (Å²) in [7, 11) is 0. The molecular formula is C65H113NO3. The number of allylic oxidation sites excluding steroid dienone is 17. The first-order valence-corrected chi connectivity index (χ1v) is 29.6. The van der Waals surface area contributed by atoms with Gasteiger partial charge in [0, 0.05) is 6.42 Å². The summed E-state index contributed by atoms with van der Waals surface area (Å²) in [6, 6.07) is -0.649. The summed E-state index contributed by atoms with van der Waals surface area (Å²) in [6.45, 7) is 4.20. The average Bonchev–Trinajstić information content (AvgIpc) is 3.35. The lowest BCUT2D eigenvalue weighted by molar-refractivity contribution is -0.123. The molecule has 0 spiro atoms. The van der Waals surface area contributed by atoms with E-state index in [2.05, 4.69) is 116 Å². The van der Waals surface area contributed by atoms with Gasteiger partial charge in [0.2, 0.25) is 5.91 Å². The Kier molecular flexibility index (Phi) is 56.8. The van der Waals surface area contributed by atoms with E-state index in [1.807, 2.05) is 6.08 Å². The number of aliphatic hydroxyl groups excluding tert-OH is 2. The lowest BCUT2D eigenvalue weighted by Crippen LogP contribution is -2.45. The number of aliphatic hydroxyl groups is 2. The molecule has 0 radical (unpaired) electrons. The van der Waals surface area contributed by atoms with Crippen LogP contribution in [-0.4, -0.2) is 34.9 Å². The molecule has 2 atom stereocenters. The van der Waals surface area contributed by atoms with Gasteiger partial charge in [-0.2, -0.15) is 0 Å². The van der Waals surface area contributed by atoms with Crippen LogP contribution < -0.4 is 5.32 Å². The second-order valence-electron chi connectivity index (χ2n) is 19.7. The van der Waals surface area contributed by atoms with Crippen LogP contribution >= 0.6 is 0 Å². The van der Waals surface area contributed by atoms with Crippen molar-refractivity contribution in [2.24, 2.45) is 0 Å². The van der Waals surface area contributed by atoms with E-state index in [9.17, 15) is 15.0 Å². The van der Waals surface area contributed by atoms with Gasteiger partial charge < -0.3 is 15.5 Å². The molecule has 0 aliphatic rings. The van der Waals surface area contributed by atoms with Crippen LogP contribution in [0.25, 0.3) is 0 Å².